The fraction of sp³-hybridized carbons (Fsp3) is 0.429. The van der Waals surface area contributed by atoms with Crippen molar-refractivity contribution in [3.05, 3.63) is 23.8 Å². The zero-order valence-corrected chi connectivity index (χ0v) is 11.5. The molecule has 6 nitrogen and oxygen atoms in total. The minimum atomic E-state index is -1.01. The van der Waals surface area contributed by atoms with Crippen LogP contribution in [0, 0.1) is 5.92 Å². The van der Waals surface area contributed by atoms with Gasteiger partial charge in [-0.15, -0.1) is 0 Å². The quantitative estimate of drug-likeness (QED) is 0.750. The maximum Gasteiger partial charge on any atom is 0.335 e. The zero-order chi connectivity index (χ0) is 14.7. The van der Waals surface area contributed by atoms with Gasteiger partial charge in [0, 0.05) is 0 Å². The number of rotatable bonds is 6. The lowest BCUT2D eigenvalue weighted by molar-refractivity contribution is 0.0697. The molecule has 0 spiro atoms. The molecule has 108 valence electrons. The van der Waals surface area contributed by atoms with Crippen molar-refractivity contribution in [1.29, 1.82) is 0 Å². The molecule has 0 bridgehead atoms. The van der Waals surface area contributed by atoms with Crippen molar-refractivity contribution in [2.24, 2.45) is 5.92 Å². The first-order valence-corrected chi connectivity index (χ1v) is 6.51. The smallest absolute Gasteiger partial charge is 0.335 e. The average Bonchev–Trinajstić information content (AvgIpc) is 2.78. The molecule has 1 atom stereocenters. The molecule has 0 radical (unpaired) electrons. The summed E-state index contributed by atoms with van der Waals surface area (Å²) in [5.41, 5.74) is 1.15. The van der Waals surface area contributed by atoms with Crippen molar-refractivity contribution >= 4 is 23.1 Å². The van der Waals surface area contributed by atoms with Gasteiger partial charge in [-0.2, -0.15) is 4.98 Å². The number of hydrogen-bond donors (Lipinski definition) is 3. The molecule has 0 fully saturated rings. The van der Waals surface area contributed by atoms with Crippen LogP contribution in [0.15, 0.2) is 22.6 Å². The first-order valence-electron chi connectivity index (χ1n) is 6.51. The predicted molar refractivity (Wildman–Crippen MR) is 74.9 cm³/mol. The van der Waals surface area contributed by atoms with Gasteiger partial charge in [0.15, 0.2) is 5.58 Å². The molecule has 0 aliphatic carbocycles. The molecule has 0 saturated carbocycles. The molecule has 20 heavy (non-hydrogen) atoms. The van der Waals surface area contributed by atoms with Gasteiger partial charge in [-0.05, 0) is 30.5 Å². The highest BCUT2D eigenvalue weighted by Crippen LogP contribution is 2.21. The van der Waals surface area contributed by atoms with E-state index in [4.69, 9.17) is 9.52 Å². The van der Waals surface area contributed by atoms with Crippen LogP contribution >= 0.6 is 0 Å². The third-order valence-corrected chi connectivity index (χ3v) is 2.94. The van der Waals surface area contributed by atoms with Crippen molar-refractivity contribution in [2.75, 3.05) is 11.9 Å². The Bertz CT molecular complexity index is 606. The van der Waals surface area contributed by atoms with Gasteiger partial charge in [0.05, 0.1) is 18.2 Å². The van der Waals surface area contributed by atoms with Crippen LogP contribution in [0.25, 0.3) is 11.1 Å². The molecule has 0 saturated heterocycles. The van der Waals surface area contributed by atoms with Crippen molar-refractivity contribution < 1.29 is 19.4 Å². The second kappa shape index (κ2) is 5.92. The second-order valence-electron chi connectivity index (χ2n) is 5.16. The van der Waals surface area contributed by atoms with Crippen LogP contribution in [-0.4, -0.2) is 33.8 Å². The van der Waals surface area contributed by atoms with Gasteiger partial charge >= 0.3 is 5.97 Å². The summed E-state index contributed by atoms with van der Waals surface area (Å²) in [5, 5.41) is 21.3. The summed E-state index contributed by atoms with van der Waals surface area (Å²) >= 11 is 0. The number of hydrogen-bond acceptors (Lipinski definition) is 5. The van der Waals surface area contributed by atoms with Gasteiger partial charge in [0.2, 0.25) is 0 Å². The lowest BCUT2D eigenvalue weighted by atomic mass is 10.0. The van der Waals surface area contributed by atoms with E-state index >= 15 is 0 Å². The van der Waals surface area contributed by atoms with Gasteiger partial charge in [-0.25, -0.2) is 4.79 Å². The molecule has 0 aliphatic heterocycles. The lowest BCUT2D eigenvalue weighted by Crippen LogP contribution is -2.25. The lowest BCUT2D eigenvalue weighted by Gasteiger charge is -2.16. The molecule has 1 heterocycles. The molecule has 2 rings (SSSR count). The molecule has 2 aromatic rings. The van der Waals surface area contributed by atoms with E-state index in [1.807, 2.05) is 0 Å². The van der Waals surface area contributed by atoms with Crippen molar-refractivity contribution in [3.8, 4) is 0 Å². The van der Waals surface area contributed by atoms with E-state index in [1.54, 1.807) is 6.07 Å². The van der Waals surface area contributed by atoms with Crippen LogP contribution in [0.1, 0.15) is 30.6 Å². The zero-order valence-electron chi connectivity index (χ0n) is 11.5. The van der Waals surface area contributed by atoms with Crippen molar-refractivity contribution in [1.82, 2.24) is 4.98 Å². The Morgan fingerprint density at radius 1 is 1.45 bits per heavy atom. The largest absolute Gasteiger partial charge is 0.478 e. The Morgan fingerprint density at radius 2 is 2.20 bits per heavy atom. The number of nitrogens with one attached hydrogen (secondary N) is 1. The molecule has 0 aliphatic rings. The number of anilines is 1. The fourth-order valence-electron chi connectivity index (χ4n) is 2.04. The number of carboxylic acid groups (broad SMARTS) is 1. The molecule has 1 unspecified atom stereocenters. The SMILES string of the molecule is CC(C)CC(CO)Nc1nc2ccc(C(=O)O)cc2o1. The van der Waals surface area contributed by atoms with Crippen LogP contribution in [-0.2, 0) is 0 Å². The van der Waals surface area contributed by atoms with E-state index in [2.05, 4.69) is 24.1 Å². The van der Waals surface area contributed by atoms with Gasteiger partial charge in [-0.1, -0.05) is 13.8 Å². The molecular formula is C14H18N2O4. The normalized spacial score (nSPS) is 12.8. The molecule has 1 aromatic heterocycles. The highest BCUT2D eigenvalue weighted by Gasteiger charge is 2.14. The van der Waals surface area contributed by atoms with Gasteiger partial charge in [-0.3, -0.25) is 0 Å². The first kappa shape index (κ1) is 14.3. The van der Waals surface area contributed by atoms with Gasteiger partial charge in [0.25, 0.3) is 6.01 Å². The number of oxazole rings is 1. The number of aromatic carboxylic acids is 1. The Balaban J connectivity index is 2.20. The van der Waals surface area contributed by atoms with Crippen molar-refractivity contribution in [3.63, 3.8) is 0 Å². The number of carboxylic acids is 1. The average molecular weight is 278 g/mol. The number of nitrogens with zero attached hydrogens (tertiary/aromatic N) is 1. The van der Waals surface area contributed by atoms with E-state index in [9.17, 15) is 9.90 Å². The number of fused-ring (bicyclic) bond motifs is 1. The minimum Gasteiger partial charge on any atom is -0.478 e. The van der Waals surface area contributed by atoms with Crippen molar-refractivity contribution in [2.45, 2.75) is 26.3 Å². The molecular weight excluding hydrogens is 260 g/mol. The van der Waals surface area contributed by atoms with E-state index in [1.165, 1.54) is 12.1 Å². The van der Waals surface area contributed by atoms with E-state index < -0.39 is 5.97 Å². The Hall–Kier alpha value is -2.08. The summed E-state index contributed by atoms with van der Waals surface area (Å²) in [7, 11) is 0. The summed E-state index contributed by atoms with van der Waals surface area (Å²) in [6, 6.07) is 4.68. The fourth-order valence-corrected chi connectivity index (χ4v) is 2.04. The van der Waals surface area contributed by atoms with Crippen LogP contribution in [0.3, 0.4) is 0 Å². The Morgan fingerprint density at radius 3 is 2.80 bits per heavy atom. The van der Waals surface area contributed by atoms with E-state index in [-0.39, 0.29) is 18.2 Å². The van der Waals surface area contributed by atoms with Crippen LogP contribution in [0.2, 0.25) is 0 Å². The third-order valence-electron chi connectivity index (χ3n) is 2.94. The number of aromatic nitrogens is 1. The monoisotopic (exact) mass is 278 g/mol. The summed E-state index contributed by atoms with van der Waals surface area (Å²) < 4.78 is 5.48. The maximum absolute atomic E-state index is 10.9. The summed E-state index contributed by atoms with van der Waals surface area (Å²) in [6.45, 7) is 4.11. The third kappa shape index (κ3) is 3.27. The van der Waals surface area contributed by atoms with E-state index in [0.29, 0.717) is 23.0 Å². The number of aliphatic hydroxyl groups is 1. The first-order chi connectivity index (χ1) is 9.49. The second-order valence-corrected chi connectivity index (χ2v) is 5.16. The summed E-state index contributed by atoms with van der Waals surface area (Å²) in [4.78, 5) is 15.1. The minimum absolute atomic E-state index is 0.0166. The molecule has 3 N–H and O–H groups in total. The highest BCUT2D eigenvalue weighted by atomic mass is 16.4. The Labute approximate surface area is 116 Å². The number of benzene rings is 1. The van der Waals surface area contributed by atoms with Gasteiger partial charge in [0.1, 0.15) is 5.52 Å². The number of carbonyl (C=O) groups is 1. The predicted octanol–water partition coefficient (Wildman–Crippen LogP) is 2.34. The van der Waals surface area contributed by atoms with Crippen LogP contribution in [0.4, 0.5) is 6.01 Å². The standard InChI is InChI=1S/C14H18N2O4/c1-8(2)5-10(7-17)15-14-16-11-4-3-9(13(18)19)6-12(11)20-14/h3-4,6,8,10,17H,5,7H2,1-2H3,(H,15,16)(H,18,19). The van der Waals surface area contributed by atoms with E-state index in [0.717, 1.165) is 6.42 Å². The summed E-state index contributed by atoms with van der Waals surface area (Å²) in [6.07, 6.45) is 0.787. The van der Waals surface area contributed by atoms with Crippen LogP contribution < -0.4 is 5.32 Å². The molecule has 1 aromatic carbocycles. The molecule has 6 heteroatoms. The molecule has 0 amide bonds. The topological polar surface area (TPSA) is 95.6 Å². The van der Waals surface area contributed by atoms with Crippen LogP contribution in [0.5, 0.6) is 0 Å². The van der Waals surface area contributed by atoms with Gasteiger partial charge < -0.3 is 19.9 Å². The maximum atomic E-state index is 10.9. The summed E-state index contributed by atoms with van der Waals surface area (Å²) in [5.74, 6) is -0.575. The highest BCUT2D eigenvalue weighted by molar-refractivity contribution is 5.92. The number of aliphatic hydroxyl groups excluding tert-OH is 1. The Kier molecular flexibility index (Phi) is 4.24.